The molecular weight excluding hydrogens is 358 g/mol. The Kier molecular flexibility index (Phi) is 5.16. The third kappa shape index (κ3) is 4.06. The third-order valence-corrected chi connectivity index (χ3v) is 4.78. The van der Waals surface area contributed by atoms with Gasteiger partial charge in [0.15, 0.2) is 5.78 Å². The summed E-state index contributed by atoms with van der Waals surface area (Å²) in [5.74, 6) is -0.0179. The van der Waals surface area contributed by atoms with Crippen molar-refractivity contribution >= 4 is 11.9 Å². The lowest BCUT2D eigenvalue weighted by atomic mass is 10.0. The molecule has 4 nitrogen and oxygen atoms in total. The molecule has 0 N–H and O–H groups in total. The van der Waals surface area contributed by atoms with E-state index in [9.17, 15) is 4.79 Å². The molecule has 4 rings (SSSR count). The average molecular weight is 379 g/mol. The second kappa shape index (κ2) is 8.07. The van der Waals surface area contributed by atoms with Gasteiger partial charge in [-0.25, -0.2) is 4.68 Å². The van der Waals surface area contributed by atoms with Gasteiger partial charge in [-0.15, -0.1) is 0 Å². The summed E-state index contributed by atoms with van der Waals surface area (Å²) in [6.07, 6.45) is 8.88. The zero-order chi connectivity index (χ0) is 20.2. The number of nitrogens with zero attached hydrogens (tertiary/aromatic N) is 3. The Bertz CT molecular complexity index is 1180. The Balaban J connectivity index is 1.73. The Morgan fingerprint density at radius 1 is 0.966 bits per heavy atom. The molecule has 2 heterocycles. The SMILES string of the molecule is Cc1ccc(C(=O)C=Cc2cn(-c3ccccc3)nc2-c2ccncc2)c(C)c1. The number of hydrogen-bond acceptors (Lipinski definition) is 3. The van der Waals surface area contributed by atoms with Crippen LogP contribution in [0, 0.1) is 13.8 Å². The number of rotatable bonds is 5. The van der Waals surface area contributed by atoms with Crippen molar-refractivity contribution in [2.75, 3.05) is 0 Å². The number of aromatic nitrogens is 3. The largest absolute Gasteiger partial charge is 0.289 e. The molecule has 0 atom stereocenters. The Morgan fingerprint density at radius 2 is 1.72 bits per heavy atom. The number of hydrogen-bond donors (Lipinski definition) is 0. The molecule has 0 amide bonds. The van der Waals surface area contributed by atoms with Crippen molar-refractivity contribution in [3.05, 3.63) is 108 Å². The van der Waals surface area contributed by atoms with Gasteiger partial charge in [-0.3, -0.25) is 9.78 Å². The van der Waals surface area contributed by atoms with Crippen LogP contribution in [0.5, 0.6) is 0 Å². The minimum atomic E-state index is -0.0179. The lowest BCUT2D eigenvalue weighted by Crippen LogP contribution is -1.98. The fourth-order valence-corrected chi connectivity index (χ4v) is 3.30. The van der Waals surface area contributed by atoms with Crippen molar-refractivity contribution in [3.8, 4) is 16.9 Å². The highest BCUT2D eigenvalue weighted by Gasteiger charge is 2.12. The lowest BCUT2D eigenvalue weighted by Gasteiger charge is -2.03. The first-order valence-corrected chi connectivity index (χ1v) is 9.47. The molecular formula is C25H21N3O. The van der Waals surface area contributed by atoms with Crippen molar-refractivity contribution in [3.63, 3.8) is 0 Å². The average Bonchev–Trinajstić information content (AvgIpc) is 3.18. The van der Waals surface area contributed by atoms with E-state index in [1.54, 1.807) is 18.5 Å². The van der Waals surface area contributed by atoms with Crippen molar-refractivity contribution in [1.29, 1.82) is 0 Å². The molecule has 2 aromatic carbocycles. The van der Waals surface area contributed by atoms with Crippen LogP contribution in [0.2, 0.25) is 0 Å². The predicted octanol–water partition coefficient (Wildman–Crippen LogP) is 5.45. The van der Waals surface area contributed by atoms with Gasteiger partial charge in [0.25, 0.3) is 0 Å². The number of ketones is 1. The van der Waals surface area contributed by atoms with Crippen molar-refractivity contribution in [2.24, 2.45) is 0 Å². The normalized spacial score (nSPS) is 11.1. The van der Waals surface area contributed by atoms with Crippen molar-refractivity contribution in [1.82, 2.24) is 14.8 Å². The standard InChI is InChI=1S/C25H21N3O/c1-18-8-10-23(19(2)16-18)24(29)11-9-21-17-28(22-6-4-3-5-7-22)27-25(21)20-12-14-26-15-13-20/h3-17H,1-2H3. The Labute approximate surface area is 170 Å². The van der Waals surface area contributed by atoms with Crippen LogP contribution >= 0.6 is 0 Å². The van der Waals surface area contributed by atoms with Crippen molar-refractivity contribution in [2.45, 2.75) is 13.8 Å². The van der Waals surface area contributed by atoms with E-state index < -0.39 is 0 Å². The molecule has 29 heavy (non-hydrogen) atoms. The first-order valence-electron chi connectivity index (χ1n) is 9.47. The molecule has 0 bridgehead atoms. The maximum absolute atomic E-state index is 12.8. The first kappa shape index (κ1) is 18.6. The van der Waals surface area contributed by atoms with Crippen LogP contribution in [0.1, 0.15) is 27.0 Å². The zero-order valence-corrected chi connectivity index (χ0v) is 16.4. The molecule has 0 spiro atoms. The summed E-state index contributed by atoms with van der Waals surface area (Å²) in [4.78, 5) is 16.8. The minimum Gasteiger partial charge on any atom is -0.289 e. The van der Waals surface area contributed by atoms with E-state index in [0.717, 1.165) is 33.6 Å². The van der Waals surface area contributed by atoms with Crippen molar-refractivity contribution < 1.29 is 4.79 Å². The van der Waals surface area contributed by atoms with Crippen LogP contribution in [-0.2, 0) is 0 Å². The maximum Gasteiger partial charge on any atom is 0.186 e. The number of benzene rings is 2. The van der Waals surface area contributed by atoms with E-state index in [4.69, 9.17) is 5.10 Å². The summed E-state index contributed by atoms with van der Waals surface area (Å²) in [6.45, 7) is 3.99. The van der Waals surface area contributed by atoms with Crippen LogP contribution < -0.4 is 0 Å². The quantitative estimate of drug-likeness (QED) is 0.342. The molecule has 4 aromatic rings. The zero-order valence-electron chi connectivity index (χ0n) is 16.4. The number of allylic oxidation sites excluding steroid dienone is 1. The second-order valence-corrected chi connectivity index (χ2v) is 6.97. The summed E-state index contributed by atoms with van der Waals surface area (Å²) in [5, 5.41) is 4.76. The fraction of sp³-hybridized carbons (Fsp3) is 0.0800. The maximum atomic E-state index is 12.8. The molecule has 0 unspecified atom stereocenters. The van der Waals surface area contributed by atoms with Crippen LogP contribution in [-0.4, -0.2) is 20.5 Å². The van der Waals surface area contributed by atoms with E-state index in [-0.39, 0.29) is 5.78 Å². The first-order chi connectivity index (χ1) is 14.1. The van der Waals surface area contributed by atoms with Crippen LogP contribution in [0.4, 0.5) is 0 Å². The minimum absolute atomic E-state index is 0.0179. The van der Waals surface area contributed by atoms with Gasteiger partial charge in [0.05, 0.1) is 5.69 Å². The molecule has 2 aromatic heterocycles. The highest BCUT2D eigenvalue weighted by Crippen LogP contribution is 2.24. The van der Waals surface area contributed by atoms with Crippen LogP contribution in [0.3, 0.4) is 0 Å². The van der Waals surface area contributed by atoms with E-state index in [1.165, 1.54) is 0 Å². The van der Waals surface area contributed by atoms with Crippen LogP contribution in [0.25, 0.3) is 23.0 Å². The van der Waals surface area contributed by atoms with Crippen LogP contribution in [0.15, 0.2) is 85.3 Å². The number of aryl methyl sites for hydroxylation is 2. The highest BCUT2D eigenvalue weighted by molar-refractivity contribution is 6.08. The van der Waals surface area contributed by atoms with Gasteiger partial charge < -0.3 is 0 Å². The van der Waals surface area contributed by atoms with Gasteiger partial charge in [0.1, 0.15) is 5.69 Å². The lowest BCUT2D eigenvalue weighted by molar-refractivity contribution is 0.104. The van der Waals surface area contributed by atoms with Gasteiger partial charge in [-0.1, -0.05) is 42.0 Å². The second-order valence-electron chi connectivity index (χ2n) is 6.97. The molecule has 0 aliphatic carbocycles. The molecule has 0 saturated carbocycles. The van der Waals surface area contributed by atoms with E-state index in [2.05, 4.69) is 4.98 Å². The number of carbonyl (C=O) groups excluding carboxylic acids is 1. The van der Waals surface area contributed by atoms with E-state index >= 15 is 0 Å². The number of para-hydroxylation sites is 1. The van der Waals surface area contributed by atoms with Gasteiger partial charge in [-0.05, 0) is 55.8 Å². The molecule has 0 fully saturated rings. The highest BCUT2D eigenvalue weighted by atomic mass is 16.1. The summed E-state index contributed by atoms with van der Waals surface area (Å²) in [5.41, 5.74) is 6.43. The van der Waals surface area contributed by atoms with Gasteiger partial charge in [0.2, 0.25) is 0 Å². The van der Waals surface area contributed by atoms with Gasteiger partial charge in [0, 0.05) is 35.3 Å². The number of carbonyl (C=O) groups is 1. The monoisotopic (exact) mass is 379 g/mol. The van der Waals surface area contributed by atoms with E-state index in [1.807, 2.05) is 91.5 Å². The van der Waals surface area contributed by atoms with Gasteiger partial charge >= 0.3 is 0 Å². The molecule has 0 saturated heterocycles. The van der Waals surface area contributed by atoms with E-state index in [0.29, 0.717) is 5.56 Å². The Morgan fingerprint density at radius 3 is 2.45 bits per heavy atom. The topological polar surface area (TPSA) is 47.8 Å². The molecule has 0 radical (unpaired) electrons. The molecule has 0 aliphatic heterocycles. The summed E-state index contributed by atoms with van der Waals surface area (Å²) < 4.78 is 1.83. The predicted molar refractivity (Wildman–Crippen MR) is 116 cm³/mol. The third-order valence-electron chi connectivity index (χ3n) is 4.78. The molecule has 142 valence electrons. The number of pyridine rings is 1. The van der Waals surface area contributed by atoms with Gasteiger partial charge in [-0.2, -0.15) is 5.10 Å². The Hall–Kier alpha value is -3.79. The fourth-order valence-electron chi connectivity index (χ4n) is 3.30. The molecule has 4 heteroatoms. The smallest absolute Gasteiger partial charge is 0.186 e. The summed E-state index contributed by atoms with van der Waals surface area (Å²) >= 11 is 0. The summed E-state index contributed by atoms with van der Waals surface area (Å²) in [7, 11) is 0. The molecule has 0 aliphatic rings. The summed E-state index contributed by atoms with van der Waals surface area (Å²) in [6, 6.07) is 19.6.